The second kappa shape index (κ2) is 7.55. The third-order valence-electron chi connectivity index (χ3n) is 4.21. The van der Waals surface area contributed by atoms with Crippen molar-refractivity contribution in [1.29, 1.82) is 0 Å². The molecule has 0 amide bonds. The van der Waals surface area contributed by atoms with Gasteiger partial charge in [-0.1, -0.05) is 23.7 Å². The van der Waals surface area contributed by atoms with E-state index in [1.165, 1.54) is 16.9 Å². The summed E-state index contributed by atoms with van der Waals surface area (Å²) in [6, 6.07) is 8.21. The third kappa shape index (κ3) is 4.29. The van der Waals surface area contributed by atoms with E-state index in [0.29, 0.717) is 0 Å². The van der Waals surface area contributed by atoms with Gasteiger partial charge >= 0.3 is 0 Å². The highest BCUT2D eigenvalue weighted by atomic mass is 35.5. The molecule has 22 heavy (non-hydrogen) atoms. The van der Waals surface area contributed by atoms with Gasteiger partial charge in [0.15, 0.2) is 0 Å². The predicted octanol–water partition coefficient (Wildman–Crippen LogP) is 3.72. The van der Waals surface area contributed by atoms with Crippen LogP contribution in [0.25, 0.3) is 0 Å². The zero-order valence-electron chi connectivity index (χ0n) is 12.9. The molecule has 1 N–H and O–H groups in total. The van der Waals surface area contributed by atoms with E-state index < -0.39 is 0 Å². The van der Waals surface area contributed by atoms with Crippen LogP contribution in [0.1, 0.15) is 22.6 Å². The van der Waals surface area contributed by atoms with Crippen LogP contribution in [0.4, 0.5) is 0 Å². The van der Waals surface area contributed by atoms with E-state index >= 15 is 0 Å². The van der Waals surface area contributed by atoms with Crippen LogP contribution in [0.5, 0.6) is 0 Å². The summed E-state index contributed by atoms with van der Waals surface area (Å²) >= 11 is 7.75. The molecule has 1 aromatic carbocycles. The predicted molar refractivity (Wildman–Crippen MR) is 93.4 cm³/mol. The fourth-order valence-corrected chi connectivity index (χ4v) is 3.89. The zero-order valence-corrected chi connectivity index (χ0v) is 14.5. The van der Waals surface area contributed by atoms with Gasteiger partial charge in [-0.3, -0.25) is 4.90 Å². The summed E-state index contributed by atoms with van der Waals surface area (Å²) in [5.74, 6) is 0.750. The molecule has 0 bridgehead atoms. The van der Waals surface area contributed by atoms with Gasteiger partial charge in [-0.25, -0.2) is 4.98 Å². The molecule has 2 heterocycles. The van der Waals surface area contributed by atoms with Gasteiger partial charge in [-0.15, -0.1) is 11.3 Å². The Bertz CT molecular complexity index is 590. The van der Waals surface area contributed by atoms with Gasteiger partial charge < -0.3 is 5.32 Å². The molecule has 1 atom stereocenters. The lowest BCUT2D eigenvalue weighted by atomic mass is 10.1. The van der Waals surface area contributed by atoms with Gasteiger partial charge in [-0.05, 0) is 50.0 Å². The van der Waals surface area contributed by atoms with E-state index in [4.69, 9.17) is 11.6 Å². The van der Waals surface area contributed by atoms with Gasteiger partial charge in [0.25, 0.3) is 0 Å². The average molecular weight is 336 g/mol. The fraction of sp³-hybridized carbons (Fsp3) is 0.471. The van der Waals surface area contributed by atoms with E-state index in [1.807, 2.05) is 17.6 Å². The first kappa shape index (κ1) is 15.9. The molecule has 0 unspecified atom stereocenters. The quantitative estimate of drug-likeness (QED) is 0.872. The summed E-state index contributed by atoms with van der Waals surface area (Å²) < 4.78 is 0. The van der Waals surface area contributed by atoms with Gasteiger partial charge in [0.2, 0.25) is 0 Å². The van der Waals surface area contributed by atoms with E-state index in [1.54, 1.807) is 11.3 Å². The molecule has 1 saturated heterocycles. The third-order valence-corrected chi connectivity index (χ3v) is 5.38. The molecule has 1 fully saturated rings. The first-order chi connectivity index (χ1) is 10.7. The van der Waals surface area contributed by atoms with Gasteiger partial charge in [0.05, 0.1) is 11.2 Å². The molecule has 0 spiro atoms. The van der Waals surface area contributed by atoms with Crippen molar-refractivity contribution in [3.05, 3.63) is 50.9 Å². The Labute approximate surface area is 141 Å². The smallest absolute Gasteiger partial charge is 0.0798 e. The van der Waals surface area contributed by atoms with Crippen LogP contribution >= 0.6 is 22.9 Å². The summed E-state index contributed by atoms with van der Waals surface area (Å²) in [6.45, 7) is 7.47. The lowest BCUT2D eigenvalue weighted by Gasteiger charge is -2.25. The fourth-order valence-electron chi connectivity index (χ4n) is 2.95. The number of rotatable bonds is 6. The Morgan fingerprint density at radius 2 is 2.14 bits per heavy atom. The Hall–Kier alpha value is -0.940. The topological polar surface area (TPSA) is 28.2 Å². The van der Waals surface area contributed by atoms with Crippen molar-refractivity contribution in [2.24, 2.45) is 5.92 Å². The van der Waals surface area contributed by atoms with Crippen molar-refractivity contribution in [2.45, 2.75) is 26.4 Å². The van der Waals surface area contributed by atoms with Crippen LogP contribution in [0.2, 0.25) is 5.02 Å². The number of halogens is 1. The van der Waals surface area contributed by atoms with Gasteiger partial charge in [0, 0.05) is 29.5 Å². The first-order valence-corrected chi connectivity index (χ1v) is 9.03. The summed E-state index contributed by atoms with van der Waals surface area (Å²) in [7, 11) is 0. The molecule has 0 radical (unpaired) electrons. The normalized spacial score (nSPS) is 18.2. The summed E-state index contributed by atoms with van der Waals surface area (Å²) in [5, 5.41) is 4.27. The van der Waals surface area contributed by atoms with Gasteiger partial charge in [-0.2, -0.15) is 0 Å². The number of aromatic nitrogens is 1. The molecular formula is C17H22ClN3S. The number of hydrogen-bond donors (Lipinski definition) is 1. The maximum absolute atomic E-state index is 5.99. The van der Waals surface area contributed by atoms with E-state index in [0.717, 1.165) is 49.4 Å². The number of nitrogens with one attached hydrogen (secondary N) is 1. The summed E-state index contributed by atoms with van der Waals surface area (Å²) in [5.41, 5.74) is 4.43. The molecule has 0 aliphatic carbocycles. The largest absolute Gasteiger partial charge is 0.316 e. The number of nitrogens with zero attached hydrogens (tertiary/aromatic N) is 2. The van der Waals surface area contributed by atoms with Crippen LogP contribution in [0.3, 0.4) is 0 Å². The van der Waals surface area contributed by atoms with Crippen molar-refractivity contribution < 1.29 is 0 Å². The monoisotopic (exact) mass is 335 g/mol. The molecule has 1 aliphatic rings. The standard InChI is InChI=1S/C17H22ClN3S/c1-13-17(22-12-20-13)11-21(10-15-6-7-19-8-15)9-14-2-4-16(18)5-3-14/h2-5,12,15,19H,6-11H2,1H3/t15-/m0/s1. The number of thiazole rings is 1. The van der Waals surface area contributed by atoms with E-state index in [9.17, 15) is 0 Å². The number of benzene rings is 1. The molecule has 3 rings (SSSR count). The molecule has 0 saturated carbocycles. The summed E-state index contributed by atoms with van der Waals surface area (Å²) in [4.78, 5) is 8.30. The van der Waals surface area contributed by atoms with Crippen molar-refractivity contribution in [1.82, 2.24) is 15.2 Å². The van der Waals surface area contributed by atoms with Crippen LogP contribution in [-0.4, -0.2) is 29.5 Å². The highest BCUT2D eigenvalue weighted by molar-refractivity contribution is 7.09. The molecule has 3 nitrogen and oxygen atoms in total. The number of aryl methyl sites for hydroxylation is 1. The maximum Gasteiger partial charge on any atom is 0.0798 e. The Balaban J connectivity index is 1.69. The van der Waals surface area contributed by atoms with Crippen LogP contribution < -0.4 is 5.32 Å². The maximum atomic E-state index is 5.99. The van der Waals surface area contributed by atoms with Crippen LogP contribution in [-0.2, 0) is 13.1 Å². The molecular weight excluding hydrogens is 314 g/mol. The highest BCUT2D eigenvalue weighted by Gasteiger charge is 2.19. The molecule has 1 aliphatic heterocycles. The zero-order chi connectivity index (χ0) is 15.4. The molecule has 118 valence electrons. The first-order valence-electron chi connectivity index (χ1n) is 7.77. The Morgan fingerprint density at radius 1 is 1.32 bits per heavy atom. The average Bonchev–Trinajstić information content (AvgIpc) is 3.14. The second-order valence-corrected chi connectivity index (χ2v) is 7.39. The lowest BCUT2D eigenvalue weighted by Crippen LogP contribution is -2.29. The SMILES string of the molecule is Cc1ncsc1CN(Cc1ccc(Cl)cc1)C[C@H]1CCNC1. The number of hydrogen-bond acceptors (Lipinski definition) is 4. The minimum absolute atomic E-state index is 0.750. The van der Waals surface area contributed by atoms with E-state index in [2.05, 4.69) is 34.3 Å². The van der Waals surface area contributed by atoms with Gasteiger partial charge in [0.1, 0.15) is 0 Å². The van der Waals surface area contributed by atoms with Crippen molar-refractivity contribution in [3.63, 3.8) is 0 Å². The Kier molecular flexibility index (Phi) is 5.47. The Morgan fingerprint density at radius 3 is 2.77 bits per heavy atom. The second-order valence-electron chi connectivity index (χ2n) is 6.02. The van der Waals surface area contributed by atoms with Crippen molar-refractivity contribution >= 4 is 22.9 Å². The van der Waals surface area contributed by atoms with Crippen LogP contribution in [0.15, 0.2) is 29.8 Å². The lowest BCUT2D eigenvalue weighted by molar-refractivity contribution is 0.222. The molecule has 2 aromatic rings. The minimum Gasteiger partial charge on any atom is -0.316 e. The molecule has 1 aromatic heterocycles. The van der Waals surface area contributed by atoms with Crippen molar-refractivity contribution in [2.75, 3.05) is 19.6 Å². The van der Waals surface area contributed by atoms with E-state index in [-0.39, 0.29) is 0 Å². The highest BCUT2D eigenvalue weighted by Crippen LogP contribution is 2.20. The van der Waals surface area contributed by atoms with Crippen LogP contribution in [0, 0.1) is 12.8 Å². The minimum atomic E-state index is 0.750. The van der Waals surface area contributed by atoms with Crippen molar-refractivity contribution in [3.8, 4) is 0 Å². The molecule has 5 heteroatoms. The summed E-state index contributed by atoms with van der Waals surface area (Å²) in [6.07, 6.45) is 1.28.